The maximum atomic E-state index is 11.6. The molecule has 2 N–H and O–H groups in total. The average Bonchev–Trinajstić information content (AvgIpc) is 3.02. The van der Waals surface area contributed by atoms with Gasteiger partial charge in [-0.1, -0.05) is 12.1 Å². The lowest BCUT2D eigenvalue weighted by Crippen LogP contribution is -2.45. The van der Waals surface area contributed by atoms with E-state index in [0.29, 0.717) is 19.0 Å². The number of hydrogen-bond acceptors (Lipinski definition) is 3. The van der Waals surface area contributed by atoms with Crippen LogP contribution in [0, 0.1) is 0 Å². The molecule has 0 aliphatic carbocycles. The van der Waals surface area contributed by atoms with Crippen LogP contribution in [0.1, 0.15) is 12.8 Å². The number of aliphatic imine (C=N–C) groups is 1. The second kappa shape index (κ2) is 8.92. The van der Waals surface area contributed by atoms with Crippen molar-refractivity contribution in [1.29, 1.82) is 0 Å². The number of rotatable bonds is 5. The minimum Gasteiger partial charge on any atom is -0.368 e. The molecule has 0 spiro atoms. The number of nitrogens with one attached hydrogen (secondary N) is 2. The monoisotopic (exact) mass is 395 g/mol. The standard InChI is InChI=1S/C17H26BrN5O/c1-19-17(20-10-8-16(24)22(2)3)21-13-9-11-23(12-13)15-7-5-4-6-14(15)18/h4-7,13H,8-12H2,1-3H3,(H2,19,20,21). The highest BCUT2D eigenvalue weighted by Gasteiger charge is 2.24. The van der Waals surface area contributed by atoms with Gasteiger partial charge in [-0.2, -0.15) is 0 Å². The lowest BCUT2D eigenvalue weighted by atomic mass is 10.2. The lowest BCUT2D eigenvalue weighted by Gasteiger charge is -2.21. The lowest BCUT2D eigenvalue weighted by molar-refractivity contribution is -0.128. The molecule has 6 nitrogen and oxygen atoms in total. The predicted molar refractivity (Wildman–Crippen MR) is 103 cm³/mol. The molecular formula is C17H26BrN5O. The minimum absolute atomic E-state index is 0.110. The zero-order valence-corrected chi connectivity index (χ0v) is 16.1. The molecular weight excluding hydrogens is 370 g/mol. The number of hydrogen-bond donors (Lipinski definition) is 2. The van der Waals surface area contributed by atoms with Gasteiger partial charge in [-0.25, -0.2) is 0 Å². The normalized spacial score (nSPS) is 17.8. The van der Waals surface area contributed by atoms with Gasteiger partial charge in [0.25, 0.3) is 0 Å². The Morgan fingerprint density at radius 1 is 1.42 bits per heavy atom. The van der Waals surface area contributed by atoms with Crippen LogP contribution in [-0.4, -0.2) is 63.6 Å². The van der Waals surface area contributed by atoms with Crippen molar-refractivity contribution in [3.63, 3.8) is 0 Å². The number of halogens is 1. The maximum Gasteiger partial charge on any atom is 0.223 e. The van der Waals surface area contributed by atoms with E-state index in [9.17, 15) is 4.79 Å². The van der Waals surface area contributed by atoms with Crippen molar-refractivity contribution in [3.8, 4) is 0 Å². The third-order valence-electron chi connectivity index (χ3n) is 4.08. The van der Waals surface area contributed by atoms with Gasteiger partial charge in [-0.15, -0.1) is 0 Å². The Morgan fingerprint density at radius 3 is 2.83 bits per heavy atom. The van der Waals surface area contributed by atoms with E-state index in [4.69, 9.17) is 0 Å². The number of nitrogens with zero attached hydrogens (tertiary/aromatic N) is 3. The highest BCUT2D eigenvalue weighted by molar-refractivity contribution is 9.10. The Balaban J connectivity index is 1.81. The summed E-state index contributed by atoms with van der Waals surface area (Å²) in [5.41, 5.74) is 1.22. The first-order valence-corrected chi connectivity index (χ1v) is 8.97. The summed E-state index contributed by atoms with van der Waals surface area (Å²) in [5.74, 6) is 0.861. The number of benzene rings is 1. The second-order valence-electron chi connectivity index (χ2n) is 6.06. The van der Waals surface area contributed by atoms with Crippen LogP contribution in [0.2, 0.25) is 0 Å². The van der Waals surface area contributed by atoms with Crippen molar-refractivity contribution < 1.29 is 4.79 Å². The summed E-state index contributed by atoms with van der Waals surface area (Å²) in [6.07, 6.45) is 1.51. The van der Waals surface area contributed by atoms with E-state index in [0.717, 1.165) is 29.9 Å². The Morgan fingerprint density at radius 2 is 2.17 bits per heavy atom. The topological polar surface area (TPSA) is 60.0 Å². The van der Waals surface area contributed by atoms with E-state index in [1.807, 2.05) is 6.07 Å². The summed E-state index contributed by atoms with van der Waals surface area (Å²) in [7, 11) is 5.29. The molecule has 1 amide bonds. The van der Waals surface area contributed by atoms with E-state index in [-0.39, 0.29) is 5.91 Å². The SMILES string of the molecule is CN=C(NCCC(=O)N(C)C)NC1CCN(c2ccccc2Br)C1. The molecule has 0 radical (unpaired) electrons. The van der Waals surface area contributed by atoms with Crippen LogP contribution < -0.4 is 15.5 Å². The summed E-state index contributed by atoms with van der Waals surface area (Å²) in [5, 5.41) is 6.66. The Kier molecular flexibility index (Phi) is 6.90. The second-order valence-corrected chi connectivity index (χ2v) is 6.92. The van der Waals surface area contributed by atoms with Crippen molar-refractivity contribution in [2.45, 2.75) is 18.9 Å². The van der Waals surface area contributed by atoms with Crippen molar-refractivity contribution in [2.24, 2.45) is 4.99 Å². The van der Waals surface area contributed by atoms with Crippen molar-refractivity contribution >= 4 is 33.5 Å². The van der Waals surface area contributed by atoms with Gasteiger partial charge in [-0.3, -0.25) is 9.79 Å². The van der Waals surface area contributed by atoms with Crippen molar-refractivity contribution in [1.82, 2.24) is 15.5 Å². The number of amides is 1. The molecule has 1 unspecified atom stereocenters. The largest absolute Gasteiger partial charge is 0.368 e. The summed E-state index contributed by atoms with van der Waals surface area (Å²) in [6, 6.07) is 8.63. The van der Waals surface area contributed by atoms with Gasteiger partial charge in [0.15, 0.2) is 5.96 Å². The third kappa shape index (κ3) is 5.12. The molecule has 7 heteroatoms. The van der Waals surface area contributed by atoms with E-state index < -0.39 is 0 Å². The van der Waals surface area contributed by atoms with Gasteiger partial charge in [0, 0.05) is 57.7 Å². The molecule has 1 atom stereocenters. The van der Waals surface area contributed by atoms with Gasteiger partial charge < -0.3 is 20.4 Å². The fourth-order valence-corrected chi connectivity index (χ4v) is 3.24. The molecule has 2 rings (SSSR count). The van der Waals surface area contributed by atoms with Gasteiger partial charge in [0.1, 0.15) is 0 Å². The van der Waals surface area contributed by atoms with Crippen LogP contribution in [-0.2, 0) is 4.79 Å². The summed E-state index contributed by atoms with van der Waals surface area (Å²) >= 11 is 3.62. The number of guanidine groups is 1. The highest BCUT2D eigenvalue weighted by Crippen LogP contribution is 2.28. The van der Waals surface area contributed by atoms with Gasteiger partial charge in [-0.05, 0) is 34.5 Å². The van der Waals surface area contributed by atoms with Crippen LogP contribution in [0.5, 0.6) is 0 Å². The van der Waals surface area contributed by atoms with Crippen LogP contribution in [0.15, 0.2) is 33.7 Å². The van der Waals surface area contributed by atoms with E-state index in [1.165, 1.54) is 5.69 Å². The summed E-state index contributed by atoms with van der Waals surface area (Å²) in [6.45, 7) is 2.52. The number of anilines is 1. The van der Waals surface area contributed by atoms with Crippen molar-refractivity contribution in [2.75, 3.05) is 45.7 Å². The Bertz CT molecular complexity index is 590. The molecule has 1 heterocycles. The first-order valence-electron chi connectivity index (χ1n) is 8.18. The average molecular weight is 396 g/mol. The molecule has 1 aromatic carbocycles. The third-order valence-corrected chi connectivity index (χ3v) is 4.75. The van der Waals surface area contributed by atoms with Gasteiger partial charge in [0.05, 0.1) is 5.69 Å². The predicted octanol–water partition coefficient (Wildman–Crippen LogP) is 1.67. The van der Waals surface area contributed by atoms with Crippen LogP contribution in [0.4, 0.5) is 5.69 Å². The molecule has 24 heavy (non-hydrogen) atoms. The molecule has 0 bridgehead atoms. The van der Waals surface area contributed by atoms with Crippen LogP contribution in [0.3, 0.4) is 0 Å². The number of carbonyl (C=O) groups excluding carboxylic acids is 1. The number of carbonyl (C=O) groups is 1. The van der Waals surface area contributed by atoms with E-state index in [1.54, 1.807) is 26.0 Å². The van der Waals surface area contributed by atoms with Crippen LogP contribution in [0.25, 0.3) is 0 Å². The Labute approximate surface area is 152 Å². The molecule has 1 aliphatic rings. The molecule has 1 saturated heterocycles. The molecule has 0 aromatic heterocycles. The summed E-state index contributed by atoms with van der Waals surface area (Å²) < 4.78 is 1.12. The van der Waals surface area contributed by atoms with Gasteiger partial charge >= 0.3 is 0 Å². The van der Waals surface area contributed by atoms with Crippen LogP contribution >= 0.6 is 15.9 Å². The molecule has 1 aromatic rings. The quantitative estimate of drug-likeness (QED) is 0.587. The fraction of sp³-hybridized carbons (Fsp3) is 0.529. The van der Waals surface area contributed by atoms with Gasteiger partial charge in [0.2, 0.25) is 5.91 Å². The zero-order chi connectivity index (χ0) is 17.5. The van der Waals surface area contributed by atoms with E-state index in [2.05, 4.69) is 54.7 Å². The fourth-order valence-electron chi connectivity index (χ4n) is 2.70. The van der Waals surface area contributed by atoms with E-state index >= 15 is 0 Å². The Hall–Kier alpha value is -1.76. The highest BCUT2D eigenvalue weighted by atomic mass is 79.9. The summed E-state index contributed by atoms with van der Waals surface area (Å²) in [4.78, 5) is 19.8. The smallest absolute Gasteiger partial charge is 0.223 e. The first kappa shape index (κ1) is 18.6. The molecule has 132 valence electrons. The minimum atomic E-state index is 0.110. The molecule has 0 saturated carbocycles. The maximum absolute atomic E-state index is 11.6. The molecule has 1 aliphatic heterocycles. The number of para-hydroxylation sites is 1. The zero-order valence-electron chi connectivity index (χ0n) is 14.6. The molecule has 1 fully saturated rings. The first-order chi connectivity index (χ1) is 11.5. The van der Waals surface area contributed by atoms with Crippen molar-refractivity contribution in [3.05, 3.63) is 28.7 Å².